The van der Waals surface area contributed by atoms with E-state index in [0.717, 1.165) is 18.8 Å². The highest BCUT2D eigenvalue weighted by Gasteiger charge is 2.02. The van der Waals surface area contributed by atoms with Gasteiger partial charge in [-0.05, 0) is 32.0 Å². The number of nitrogens with one attached hydrogen (secondary N) is 1. The van der Waals surface area contributed by atoms with E-state index in [1.54, 1.807) is 0 Å². The molecular weight excluding hydrogens is 210 g/mol. The molecule has 1 N–H and O–H groups in total. The minimum absolute atomic E-state index is 0.895. The molecule has 1 aromatic carbocycles. The first kappa shape index (κ1) is 11.9. The van der Waals surface area contributed by atoms with E-state index < -0.39 is 0 Å². The summed E-state index contributed by atoms with van der Waals surface area (Å²) in [6.07, 6.45) is 1.91. The van der Waals surface area contributed by atoms with Crippen molar-refractivity contribution in [2.75, 3.05) is 7.05 Å². The van der Waals surface area contributed by atoms with E-state index in [4.69, 9.17) is 0 Å². The summed E-state index contributed by atoms with van der Waals surface area (Å²) < 4.78 is 2.18. The SMILES string of the molecule is CNCc1ccc(Cn2cnc(C)c2C)cc1. The zero-order chi connectivity index (χ0) is 12.3. The zero-order valence-corrected chi connectivity index (χ0v) is 10.7. The van der Waals surface area contributed by atoms with Crippen molar-refractivity contribution >= 4 is 0 Å². The third-order valence-electron chi connectivity index (χ3n) is 3.10. The second kappa shape index (κ2) is 5.15. The van der Waals surface area contributed by atoms with Crippen LogP contribution in [0.25, 0.3) is 0 Å². The summed E-state index contributed by atoms with van der Waals surface area (Å²) >= 11 is 0. The van der Waals surface area contributed by atoms with Gasteiger partial charge < -0.3 is 9.88 Å². The fourth-order valence-electron chi connectivity index (χ4n) is 1.87. The van der Waals surface area contributed by atoms with Gasteiger partial charge in [0.15, 0.2) is 0 Å². The van der Waals surface area contributed by atoms with Crippen LogP contribution in [0.3, 0.4) is 0 Å². The molecule has 0 atom stereocenters. The van der Waals surface area contributed by atoms with Crippen LogP contribution in [-0.2, 0) is 13.1 Å². The molecule has 0 radical (unpaired) electrons. The Morgan fingerprint density at radius 3 is 2.29 bits per heavy atom. The molecule has 1 heterocycles. The van der Waals surface area contributed by atoms with Crippen LogP contribution in [0.4, 0.5) is 0 Å². The van der Waals surface area contributed by atoms with E-state index in [1.807, 2.05) is 20.3 Å². The fourth-order valence-corrected chi connectivity index (χ4v) is 1.87. The first-order valence-corrected chi connectivity index (χ1v) is 5.91. The fraction of sp³-hybridized carbons (Fsp3) is 0.357. The summed E-state index contributed by atoms with van der Waals surface area (Å²) in [6, 6.07) is 8.71. The van der Waals surface area contributed by atoms with Crippen LogP contribution < -0.4 is 5.32 Å². The molecule has 17 heavy (non-hydrogen) atoms. The number of imidazole rings is 1. The van der Waals surface area contributed by atoms with Crippen molar-refractivity contribution in [3.63, 3.8) is 0 Å². The molecule has 2 aromatic rings. The second-order valence-electron chi connectivity index (χ2n) is 4.39. The van der Waals surface area contributed by atoms with Crippen LogP contribution in [-0.4, -0.2) is 16.6 Å². The van der Waals surface area contributed by atoms with Crippen molar-refractivity contribution in [3.05, 3.63) is 53.1 Å². The van der Waals surface area contributed by atoms with Gasteiger partial charge in [0.2, 0.25) is 0 Å². The van der Waals surface area contributed by atoms with Crippen molar-refractivity contribution < 1.29 is 0 Å². The van der Waals surface area contributed by atoms with Gasteiger partial charge in [0, 0.05) is 18.8 Å². The molecule has 2 rings (SSSR count). The van der Waals surface area contributed by atoms with Crippen LogP contribution in [0.1, 0.15) is 22.5 Å². The van der Waals surface area contributed by atoms with Gasteiger partial charge in [0.1, 0.15) is 0 Å². The molecule has 1 aromatic heterocycles. The minimum Gasteiger partial charge on any atom is -0.330 e. The van der Waals surface area contributed by atoms with Crippen LogP contribution in [0.15, 0.2) is 30.6 Å². The number of aromatic nitrogens is 2. The highest BCUT2D eigenvalue weighted by Crippen LogP contribution is 2.10. The molecule has 0 unspecified atom stereocenters. The molecule has 0 saturated heterocycles. The molecule has 0 amide bonds. The molecule has 0 saturated carbocycles. The third-order valence-corrected chi connectivity index (χ3v) is 3.10. The van der Waals surface area contributed by atoms with Crippen LogP contribution in [0.2, 0.25) is 0 Å². The molecule has 0 fully saturated rings. The largest absolute Gasteiger partial charge is 0.330 e. The maximum Gasteiger partial charge on any atom is 0.0954 e. The predicted octanol–water partition coefficient (Wildman–Crippen LogP) is 2.27. The summed E-state index contributed by atoms with van der Waals surface area (Å²) in [5.74, 6) is 0. The maximum absolute atomic E-state index is 4.31. The summed E-state index contributed by atoms with van der Waals surface area (Å²) in [4.78, 5) is 4.31. The first-order chi connectivity index (χ1) is 8.20. The number of rotatable bonds is 4. The van der Waals surface area contributed by atoms with E-state index in [2.05, 4.69) is 46.1 Å². The Morgan fingerprint density at radius 2 is 1.76 bits per heavy atom. The van der Waals surface area contributed by atoms with Gasteiger partial charge in [0.05, 0.1) is 12.0 Å². The standard InChI is InChI=1S/C14H19N3/c1-11-12(2)17(10-16-11)9-14-6-4-13(5-7-14)8-15-3/h4-7,10,15H,8-9H2,1-3H3. The van der Waals surface area contributed by atoms with Crippen LogP contribution in [0.5, 0.6) is 0 Å². The maximum atomic E-state index is 4.31. The lowest BCUT2D eigenvalue weighted by Gasteiger charge is -2.07. The van der Waals surface area contributed by atoms with Gasteiger partial charge in [-0.25, -0.2) is 4.98 Å². The summed E-state index contributed by atoms with van der Waals surface area (Å²) in [5, 5.41) is 3.15. The highest BCUT2D eigenvalue weighted by molar-refractivity contribution is 5.23. The number of hydrogen-bond acceptors (Lipinski definition) is 2. The molecule has 0 aliphatic carbocycles. The van der Waals surface area contributed by atoms with E-state index in [-0.39, 0.29) is 0 Å². The second-order valence-corrected chi connectivity index (χ2v) is 4.39. The number of hydrogen-bond donors (Lipinski definition) is 1. The Morgan fingerprint density at radius 1 is 1.12 bits per heavy atom. The Hall–Kier alpha value is -1.61. The Bertz CT molecular complexity index is 483. The van der Waals surface area contributed by atoms with Crippen molar-refractivity contribution in [1.82, 2.24) is 14.9 Å². The molecule has 3 nitrogen and oxygen atoms in total. The predicted molar refractivity (Wildman–Crippen MR) is 70.0 cm³/mol. The average molecular weight is 229 g/mol. The lowest BCUT2D eigenvalue weighted by atomic mass is 10.1. The molecule has 0 spiro atoms. The summed E-state index contributed by atoms with van der Waals surface area (Å²) in [6.45, 7) is 5.97. The van der Waals surface area contributed by atoms with Crippen LogP contribution >= 0.6 is 0 Å². The molecule has 0 aliphatic heterocycles. The quantitative estimate of drug-likeness (QED) is 0.871. The van der Waals surface area contributed by atoms with Crippen molar-refractivity contribution in [2.24, 2.45) is 0 Å². The summed E-state index contributed by atoms with van der Waals surface area (Å²) in [7, 11) is 1.96. The molecule has 0 aliphatic rings. The normalized spacial score (nSPS) is 10.8. The molecule has 90 valence electrons. The van der Waals surface area contributed by atoms with Gasteiger partial charge in [-0.2, -0.15) is 0 Å². The number of benzene rings is 1. The van der Waals surface area contributed by atoms with Gasteiger partial charge in [-0.15, -0.1) is 0 Å². The minimum atomic E-state index is 0.895. The highest BCUT2D eigenvalue weighted by atomic mass is 15.0. The topological polar surface area (TPSA) is 29.9 Å². The third kappa shape index (κ3) is 2.74. The van der Waals surface area contributed by atoms with Crippen LogP contribution in [0, 0.1) is 13.8 Å². The zero-order valence-electron chi connectivity index (χ0n) is 10.7. The Kier molecular flexibility index (Phi) is 3.59. The van der Waals surface area contributed by atoms with E-state index in [1.165, 1.54) is 16.8 Å². The first-order valence-electron chi connectivity index (χ1n) is 5.91. The molecule has 3 heteroatoms. The Labute approximate surface area is 103 Å². The van der Waals surface area contributed by atoms with E-state index in [0.29, 0.717) is 0 Å². The smallest absolute Gasteiger partial charge is 0.0954 e. The average Bonchev–Trinajstić information content (AvgIpc) is 2.64. The van der Waals surface area contributed by atoms with Gasteiger partial charge >= 0.3 is 0 Å². The number of aryl methyl sites for hydroxylation is 1. The van der Waals surface area contributed by atoms with Crippen molar-refractivity contribution in [1.29, 1.82) is 0 Å². The van der Waals surface area contributed by atoms with Gasteiger partial charge in [-0.1, -0.05) is 24.3 Å². The van der Waals surface area contributed by atoms with E-state index in [9.17, 15) is 0 Å². The van der Waals surface area contributed by atoms with Gasteiger partial charge in [-0.3, -0.25) is 0 Å². The Balaban J connectivity index is 2.11. The van der Waals surface area contributed by atoms with Crippen molar-refractivity contribution in [3.8, 4) is 0 Å². The monoisotopic (exact) mass is 229 g/mol. The van der Waals surface area contributed by atoms with Gasteiger partial charge in [0.25, 0.3) is 0 Å². The lowest BCUT2D eigenvalue weighted by molar-refractivity contribution is 0.766. The lowest BCUT2D eigenvalue weighted by Crippen LogP contribution is -2.05. The van der Waals surface area contributed by atoms with E-state index >= 15 is 0 Å². The van der Waals surface area contributed by atoms with Crippen molar-refractivity contribution in [2.45, 2.75) is 26.9 Å². The molecular formula is C14H19N3. The number of nitrogens with zero attached hydrogens (tertiary/aromatic N) is 2. The molecule has 0 bridgehead atoms. The summed E-state index contributed by atoms with van der Waals surface area (Å²) in [5.41, 5.74) is 4.97.